The van der Waals surface area contributed by atoms with Crippen molar-refractivity contribution >= 4 is 6.01 Å². The number of aromatic nitrogens is 1. The Hall–Kier alpha value is -1.81. The molecule has 21 heavy (non-hydrogen) atoms. The van der Waals surface area contributed by atoms with Gasteiger partial charge in [-0.1, -0.05) is 29.8 Å². The quantitative estimate of drug-likeness (QED) is 0.913. The standard InChI is InChI=1S/C17H25N3O/c1-13-6-8-14(9-7-13)11-20(5)16-19-15(12-21-16)10-18-17(2,3)4/h6-9,12,18H,10-11H2,1-5H3. The van der Waals surface area contributed by atoms with E-state index in [1.54, 1.807) is 6.26 Å². The summed E-state index contributed by atoms with van der Waals surface area (Å²) in [6.07, 6.45) is 1.72. The highest BCUT2D eigenvalue weighted by Crippen LogP contribution is 2.16. The summed E-state index contributed by atoms with van der Waals surface area (Å²) in [4.78, 5) is 6.54. The molecule has 0 amide bonds. The van der Waals surface area contributed by atoms with Gasteiger partial charge in [-0.2, -0.15) is 4.98 Å². The summed E-state index contributed by atoms with van der Waals surface area (Å²) < 4.78 is 5.56. The number of hydrogen-bond donors (Lipinski definition) is 1. The van der Waals surface area contributed by atoms with E-state index in [9.17, 15) is 0 Å². The Kier molecular flexibility index (Phi) is 4.68. The summed E-state index contributed by atoms with van der Waals surface area (Å²) in [5.74, 6) is 0. The van der Waals surface area contributed by atoms with Gasteiger partial charge in [0.2, 0.25) is 0 Å². The van der Waals surface area contributed by atoms with Crippen molar-refractivity contribution < 1.29 is 4.42 Å². The van der Waals surface area contributed by atoms with E-state index >= 15 is 0 Å². The Morgan fingerprint density at radius 1 is 1.19 bits per heavy atom. The van der Waals surface area contributed by atoms with Gasteiger partial charge in [0, 0.05) is 25.7 Å². The first-order valence-corrected chi connectivity index (χ1v) is 7.29. The van der Waals surface area contributed by atoms with Gasteiger partial charge < -0.3 is 14.6 Å². The van der Waals surface area contributed by atoms with E-state index in [0.29, 0.717) is 12.6 Å². The second-order valence-electron chi connectivity index (χ2n) is 6.57. The molecule has 0 radical (unpaired) electrons. The van der Waals surface area contributed by atoms with Crippen LogP contribution in [0, 0.1) is 6.92 Å². The normalized spacial score (nSPS) is 11.7. The van der Waals surface area contributed by atoms with Crippen LogP contribution in [0.15, 0.2) is 34.9 Å². The van der Waals surface area contributed by atoms with Gasteiger partial charge in [0.05, 0.1) is 5.69 Å². The number of rotatable bonds is 5. The second-order valence-corrected chi connectivity index (χ2v) is 6.57. The van der Waals surface area contributed by atoms with E-state index < -0.39 is 0 Å². The number of benzene rings is 1. The zero-order valence-electron chi connectivity index (χ0n) is 13.6. The van der Waals surface area contributed by atoms with Crippen molar-refractivity contribution in [1.29, 1.82) is 0 Å². The molecule has 0 saturated heterocycles. The molecule has 0 aliphatic carbocycles. The zero-order chi connectivity index (χ0) is 15.5. The topological polar surface area (TPSA) is 41.3 Å². The summed E-state index contributed by atoms with van der Waals surface area (Å²) in [7, 11) is 1.99. The molecule has 0 fully saturated rings. The second kappa shape index (κ2) is 6.31. The Morgan fingerprint density at radius 3 is 2.48 bits per heavy atom. The van der Waals surface area contributed by atoms with Gasteiger partial charge in [-0.05, 0) is 33.3 Å². The maximum Gasteiger partial charge on any atom is 0.297 e. The predicted octanol–water partition coefficient (Wildman–Crippen LogP) is 3.51. The van der Waals surface area contributed by atoms with Crippen LogP contribution < -0.4 is 10.2 Å². The number of anilines is 1. The Bertz CT molecular complexity index is 566. The summed E-state index contributed by atoms with van der Waals surface area (Å²) in [6.45, 7) is 10.0. The van der Waals surface area contributed by atoms with Gasteiger partial charge in [0.1, 0.15) is 6.26 Å². The van der Waals surface area contributed by atoms with Crippen LogP contribution in [-0.2, 0) is 13.1 Å². The maximum atomic E-state index is 5.56. The third kappa shape index (κ3) is 4.90. The summed E-state index contributed by atoms with van der Waals surface area (Å²) in [5.41, 5.74) is 3.52. The minimum absolute atomic E-state index is 0.0763. The van der Waals surface area contributed by atoms with E-state index in [0.717, 1.165) is 12.2 Å². The molecule has 0 bridgehead atoms. The molecule has 1 aromatic heterocycles. The van der Waals surface area contributed by atoms with Crippen molar-refractivity contribution in [3.63, 3.8) is 0 Å². The molecule has 114 valence electrons. The number of aryl methyl sites for hydroxylation is 1. The Morgan fingerprint density at radius 2 is 1.86 bits per heavy atom. The molecule has 2 rings (SSSR count). The van der Waals surface area contributed by atoms with Gasteiger partial charge in [-0.15, -0.1) is 0 Å². The number of oxazole rings is 1. The smallest absolute Gasteiger partial charge is 0.297 e. The van der Waals surface area contributed by atoms with Crippen molar-refractivity contribution in [1.82, 2.24) is 10.3 Å². The maximum absolute atomic E-state index is 5.56. The monoisotopic (exact) mass is 287 g/mol. The van der Waals surface area contributed by atoms with Crippen molar-refractivity contribution in [2.45, 2.75) is 46.3 Å². The van der Waals surface area contributed by atoms with Crippen molar-refractivity contribution in [2.75, 3.05) is 11.9 Å². The minimum atomic E-state index is 0.0763. The van der Waals surface area contributed by atoms with Gasteiger partial charge in [-0.3, -0.25) is 0 Å². The van der Waals surface area contributed by atoms with Crippen molar-refractivity contribution in [3.05, 3.63) is 47.3 Å². The van der Waals surface area contributed by atoms with Crippen LogP contribution in [0.4, 0.5) is 6.01 Å². The molecule has 4 heteroatoms. The third-order valence-corrected chi connectivity index (χ3v) is 3.21. The lowest BCUT2D eigenvalue weighted by Crippen LogP contribution is -2.35. The average molecular weight is 287 g/mol. The molecular weight excluding hydrogens is 262 g/mol. The molecule has 1 aromatic carbocycles. The van der Waals surface area contributed by atoms with E-state index in [2.05, 4.69) is 62.3 Å². The molecule has 0 aliphatic rings. The summed E-state index contributed by atoms with van der Waals surface area (Å²) >= 11 is 0. The Balaban J connectivity index is 1.95. The van der Waals surface area contributed by atoms with E-state index in [1.807, 2.05) is 11.9 Å². The predicted molar refractivity (Wildman–Crippen MR) is 86.4 cm³/mol. The summed E-state index contributed by atoms with van der Waals surface area (Å²) in [6, 6.07) is 9.17. The van der Waals surface area contributed by atoms with Crippen LogP contribution in [0.5, 0.6) is 0 Å². The van der Waals surface area contributed by atoms with Gasteiger partial charge in [0.15, 0.2) is 0 Å². The lowest BCUT2D eigenvalue weighted by atomic mass is 10.1. The first kappa shape index (κ1) is 15.6. The van der Waals surface area contributed by atoms with E-state index in [-0.39, 0.29) is 5.54 Å². The molecule has 4 nitrogen and oxygen atoms in total. The fourth-order valence-electron chi connectivity index (χ4n) is 1.94. The molecule has 1 N–H and O–H groups in total. The lowest BCUT2D eigenvalue weighted by Gasteiger charge is -2.19. The average Bonchev–Trinajstić information content (AvgIpc) is 2.87. The number of hydrogen-bond acceptors (Lipinski definition) is 4. The molecule has 2 aromatic rings. The SMILES string of the molecule is Cc1ccc(CN(C)c2nc(CNC(C)(C)C)co2)cc1. The molecule has 0 unspecified atom stereocenters. The molecule has 1 heterocycles. The highest BCUT2D eigenvalue weighted by atomic mass is 16.4. The van der Waals surface area contributed by atoms with Gasteiger partial charge in [0.25, 0.3) is 6.01 Å². The van der Waals surface area contributed by atoms with E-state index in [1.165, 1.54) is 11.1 Å². The highest BCUT2D eigenvalue weighted by molar-refractivity contribution is 5.30. The van der Waals surface area contributed by atoms with Crippen LogP contribution in [0.3, 0.4) is 0 Å². The fourth-order valence-corrected chi connectivity index (χ4v) is 1.94. The summed E-state index contributed by atoms with van der Waals surface area (Å²) in [5, 5.41) is 3.41. The van der Waals surface area contributed by atoms with E-state index in [4.69, 9.17) is 4.42 Å². The van der Waals surface area contributed by atoms with Crippen LogP contribution in [0.25, 0.3) is 0 Å². The van der Waals surface area contributed by atoms with Crippen molar-refractivity contribution in [2.24, 2.45) is 0 Å². The largest absolute Gasteiger partial charge is 0.432 e. The molecule has 0 saturated carbocycles. The van der Waals surface area contributed by atoms with Gasteiger partial charge in [-0.25, -0.2) is 0 Å². The minimum Gasteiger partial charge on any atom is -0.432 e. The van der Waals surface area contributed by atoms with Crippen LogP contribution in [0.2, 0.25) is 0 Å². The first-order valence-electron chi connectivity index (χ1n) is 7.29. The van der Waals surface area contributed by atoms with Crippen LogP contribution >= 0.6 is 0 Å². The third-order valence-electron chi connectivity index (χ3n) is 3.21. The fraction of sp³-hybridized carbons (Fsp3) is 0.471. The highest BCUT2D eigenvalue weighted by Gasteiger charge is 2.13. The van der Waals surface area contributed by atoms with Crippen LogP contribution in [0.1, 0.15) is 37.6 Å². The van der Waals surface area contributed by atoms with Gasteiger partial charge >= 0.3 is 0 Å². The Labute approximate surface area is 127 Å². The number of nitrogens with one attached hydrogen (secondary N) is 1. The molecule has 0 spiro atoms. The van der Waals surface area contributed by atoms with Crippen LogP contribution in [-0.4, -0.2) is 17.6 Å². The molecular formula is C17H25N3O. The first-order chi connectivity index (χ1) is 9.83. The molecule has 0 atom stereocenters. The van der Waals surface area contributed by atoms with Crippen molar-refractivity contribution in [3.8, 4) is 0 Å². The zero-order valence-corrected chi connectivity index (χ0v) is 13.6. The molecule has 0 aliphatic heterocycles. The lowest BCUT2D eigenvalue weighted by molar-refractivity contribution is 0.421. The number of nitrogens with zero attached hydrogens (tertiary/aromatic N) is 2.